The molecule has 1 fully saturated rings. The Hall–Kier alpha value is -2.15. The Labute approximate surface area is 128 Å². The van der Waals surface area contributed by atoms with Crippen molar-refractivity contribution in [1.29, 1.82) is 0 Å². The van der Waals surface area contributed by atoms with Crippen molar-refractivity contribution < 1.29 is 14.3 Å². The fourth-order valence-electron chi connectivity index (χ4n) is 2.81. The number of hydrogen-bond acceptors (Lipinski definition) is 4. The maximum atomic E-state index is 12.5. The van der Waals surface area contributed by atoms with Gasteiger partial charge in [-0.25, -0.2) is 0 Å². The van der Waals surface area contributed by atoms with Crippen molar-refractivity contribution in [2.75, 3.05) is 33.9 Å². The van der Waals surface area contributed by atoms with E-state index in [1.165, 1.54) is 6.07 Å². The predicted octanol–water partition coefficient (Wildman–Crippen LogP) is -0.236. The fourth-order valence-corrected chi connectivity index (χ4v) is 2.81. The molecule has 1 aromatic rings. The van der Waals surface area contributed by atoms with Crippen LogP contribution in [0.25, 0.3) is 0 Å². The summed E-state index contributed by atoms with van der Waals surface area (Å²) in [6.07, 6.45) is 0. The molecule has 2 heterocycles. The van der Waals surface area contributed by atoms with Crippen LogP contribution in [-0.4, -0.2) is 55.6 Å². The lowest BCUT2D eigenvalue weighted by Gasteiger charge is -2.15. The number of methoxy groups -OCH3 is 1. The van der Waals surface area contributed by atoms with E-state index < -0.39 is 5.56 Å². The Bertz CT molecular complexity index is 625. The van der Waals surface area contributed by atoms with Crippen LogP contribution in [0.1, 0.15) is 16.1 Å². The average Bonchev–Trinajstić information content (AvgIpc) is 2.90. The normalized spacial score (nSPS) is 21.0. The van der Waals surface area contributed by atoms with Gasteiger partial charge >= 0.3 is 0 Å². The number of nitrogens with one attached hydrogen (secondary N) is 2. The van der Waals surface area contributed by atoms with Gasteiger partial charge in [-0.1, -0.05) is 0 Å². The first-order valence-corrected chi connectivity index (χ1v) is 7.17. The molecule has 7 nitrogen and oxygen atoms in total. The highest BCUT2D eigenvalue weighted by molar-refractivity contribution is 5.94. The first-order valence-electron chi connectivity index (χ1n) is 7.17. The van der Waals surface area contributed by atoms with Gasteiger partial charge in [0.25, 0.3) is 11.5 Å². The molecule has 7 heteroatoms. The Morgan fingerprint density at radius 1 is 1.41 bits per heavy atom. The smallest absolute Gasteiger partial charge is 0.260 e. The minimum atomic E-state index is -0.406. The summed E-state index contributed by atoms with van der Waals surface area (Å²) in [4.78, 5) is 40.5. The Balaban J connectivity index is 2.20. The molecule has 0 unspecified atom stereocenters. The van der Waals surface area contributed by atoms with Crippen LogP contribution in [0.3, 0.4) is 0 Å². The van der Waals surface area contributed by atoms with Crippen molar-refractivity contribution in [2.45, 2.75) is 6.92 Å². The Kier molecular flexibility index (Phi) is 4.97. The van der Waals surface area contributed by atoms with Crippen LogP contribution in [0.4, 0.5) is 0 Å². The SMILES string of the molecule is CNC(=O)[C@@H]1CN(C(=O)c2ccc(C)[nH]c2=O)C[C@H]1COC. The van der Waals surface area contributed by atoms with E-state index in [1.54, 1.807) is 32.0 Å². The van der Waals surface area contributed by atoms with Gasteiger partial charge in [0, 0.05) is 38.9 Å². The van der Waals surface area contributed by atoms with Crippen molar-refractivity contribution in [3.63, 3.8) is 0 Å². The zero-order valence-corrected chi connectivity index (χ0v) is 13.0. The zero-order chi connectivity index (χ0) is 16.3. The molecule has 2 amide bonds. The number of pyridine rings is 1. The summed E-state index contributed by atoms with van der Waals surface area (Å²) >= 11 is 0. The second kappa shape index (κ2) is 6.74. The molecule has 1 aliphatic rings. The monoisotopic (exact) mass is 307 g/mol. The third kappa shape index (κ3) is 3.19. The van der Waals surface area contributed by atoms with Crippen molar-refractivity contribution in [3.8, 4) is 0 Å². The maximum absolute atomic E-state index is 12.5. The zero-order valence-electron chi connectivity index (χ0n) is 13.0. The fraction of sp³-hybridized carbons (Fsp3) is 0.533. The molecule has 1 aromatic heterocycles. The molecule has 0 spiro atoms. The van der Waals surface area contributed by atoms with Crippen LogP contribution >= 0.6 is 0 Å². The summed E-state index contributed by atoms with van der Waals surface area (Å²) in [6.45, 7) is 2.84. The number of rotatable bonds is 4. The van der Waals surface area contributed by atoms with Crippen molar-refractivity contribution in [2.24, 2.45) is 11.8 Å². The van der Waals surface area contributed by atoms with Gasteiger partial charge in [-0.15, -0.1) is 0 Å². The summed E-state index contributed by atoms with van der Waals surface area (Å²) < 4.78 is 5.14. The number of nitrogens with zero attached hydrogens (tertiary/aromatic N) is 1. The third-order valence-electron chi connectivity index (χ3n) is 3.98. The summed E-state index contributed by atoms with van der Waals surface area (Å²) in [5.41, 5.74) is 0.388. The van der Waals surface area contributed by atoms with Crippen molar-refractivity contribution in [3.05, 3.63) is 33.7 Å². The number of carbonyl (C=O) groups is 2. The first-order chi connectivity index (χ1) is 10.5. The van der Waals surface area contributed by atoms with Gasteiger partial charge < -0.3 is 19.9 Å². The van der Waals surface area contributed by atoms with Gasteiger partial charge in [-0.3, -0.25) is 14.4 Å². The van der Waals surface area contributed by atoms with Crippen molar-refractivity contribution in [1.82, 2.24) is 15.2 Å². The van der Waals surface area contributed by atoms with E-state index in [0.29, 0.717) is 25.4 Å². The average molecular weight is 307 g/mol. The van der Waals surface area contributed by atoms with E-state index in [-0.39, 0.29) is 29.2 Å². The molecule has 2 rings (SSSR count). The highest BCUT2D eigenvalue weighted by Crippen LogP contribution is 2.25. The van der Waals surface area contributed by atoms with Gasteiger partial charge in [0.1, 0.15) is 5.56 Å². The summed E-state index contributed by atoms with van der Waals surface area (Å²) in [5, 5.41) is 2.61. The largest absolute Gasteiger partial charge is 0.384 e. The molecule has 2 N–H and O–H groups in total. The van der Waals surface area contributed by atoms with Crippen LogP contribution in [0.5, 0.6) is 0 Å². The number of aryl methyl sites for hydroxylation is 1. The van der Waals surface area contributed by atoms with Crippen LogP contribution in [0.2, 0.25) is 0 Å². The molecule has 120 valence electrons. The molecule has 0 aliphatic carbocycles. The molecule has 1 aliphatic heterocycles. The third-order valence-corrected chi connectivity index (χ3v) is 3.98. The summed E-state index contributed by atoms with van der Waals surface area (Å²) in [6, 6.07) is 3.21. The highest BCUT2D eigenvalue weighted by Gasteiger charge is 2.39. The number of ether oxygens (including phenoxy) is 1. The van der Waals surface area contributed by atoms with E-state index in [2.05, 4.69) is 10.3 Å². The lowest BCUT2D eigenvalue weighted by molar-refractivity contribution is -0.125. The van der Waals surface area contributed by atoms with E-state index in [9.17, 15) is 14.4 Å². The van der Waals surface area contributed by atoms with Crippen LogP contribution in [-0.2, 0) is 9.53 Å². The lowest BCUT2D eigenvalue weighted by atomic mass is 9.96. The number of hydrogen-bond donors (Lipinski definition) is 2. The van der Waals surface area contributed by atoms with Gasteiger partial charge in [0.05, 0.1) is 12.5 Å². The van der Waals surface area contributed by atoms with Gasteiger partial charge in [-0.05, 0) is 19.1 Å². The quantitative estimate of drug-likeness (QED) is 0.803. The standard InChI is InChI=1S/C15H21N3O4/c1-9-4-5-11(14(20)17-9)15(21)18-6-10(8-22-3)12(7-18)13(19)16-2/h4-5,10,12H,6-8H2,1-3H3,(H,16,19)(H,17,20)/t10-,12+/m0/s1. The van der Waals surface area contributed by atoms with E-state index >= 15 is 0 Å². The predicted molar refractivity (Wildman–Crippen MR) is 80.6 cm³/mol. The van der Waals surface area contributed by atoms with Crippen LogP contribution in [0, 0.1) is 18.8 Å². The molecule has 0 bridgehead atoms. The lowest BCUT2D eigenvalue weighted by Crippen LogP contribution is -2.35. The highest BCUT2D eigenvalue weighted by atomic mass is 16.5. The molecule has 22 heavy (non-hydrogen) atoms. The first kappa shape index (κ1) is 16.2. The summed E-state index contributed by atoms with van der Waals surface area (Å²) in [5.74, 6) is -0.860. The van der Waals surface area contributed by atoms with Gasteiger partial charge in [0.2, 0.25) is 5.91 Å². The molecule has 0 aromatic carbocycles. The van der Waals surface area contributed by atoms with Crippen molar-refractivity contribution >= 4 is 11.8 Å². The Morgan fingerprint density at radius 2 is 2.14 bits per heavy atom. The minimum absolute atomic E-state index is 0.0709. The van der Waals surface area contributed by atoms with Crippen LogP contribution in [0.15, 0.2) is 16.9 Å². The number of aromatic nitrogens is 1. The number of amides is 2. The molecule has 1 saturated heterocycles. The minimum Gasteiger partial charge on any atom is -0.384 e. The van der Waals surface area contributed by atoms with E-state index in [1.807, 2.05) is 0 Å². The second-order valence-corrected chi connectivity index (χ2v) is 5.53. The number of aromatic amines is 1. The van der Waals surface area contributed by atoms with E-state index in [0.717, 1.165) is 0 Å². The second-order valence-electron chi connectivity index (χ2n) is 5.53. The molecular formula is C15H21N3O4. The topological polar surface area (TPSA) is 91.5 Å². The molecule has 0 saturated carbocycles. The Morgan fingerprint density at radius 3 is 2.73 bits per heavy atom. The molecular weight excluding hydrogens is 286 g/mol. The number of carbonyl (C=O) groups excluding carboxylic acids is 2. The van der Waals surface area contributed by atoms with Crippen LogP contribution < -0.4 is 10.9 Å². The molecule has 0 radical (unpaired) electrons. The number of H-pyrrole nitrogens is 1. The summed E-state index contributed by atoms with van der Waals surface area (Å²) in [7, 11) is 3.14. The van der Waals surface area contributed by atoms with Gasteiger partial charge in [-0.2, -0.15) is 0 Å². The van der Waals surface area contributed by atoms with Gasteiger partial charge in [0.15, 0.2) is 0 Å². The number of likely N-dealkylation sites (tertiary alicyclic amines) is 1. The molecule has 2 atom stereocenters. The maximum Gasteiger partial charge on any atom is 0.260 e. The van der Waals surface area contributed by atoms with E-state index in [4.69, 9.17) is 4.74 Å².